The molecule has 0 unspecified atom stereocenters. The second kappa shape index (κ2) is 17.9. The Morgan fingerprint density at radius 2 is 1.50 bits per heavy atom. The molecule has 136 valence electrons. The molecular weight excluding hydrogens is 296 g/mol. The molecule has 2 heteroatoms. The molecule has 0 aliphatic heterocycles. The number of carbonyl (C=O) groups excluding carboxylic acids is 1. The lowest BCUT2D eigenvalue weighted by atomic mass is 10.1. The average Bonchev–Trinajstić information content (AvgIpc) is 2.57. The fraction of sp³-hybridized carbons (Fsp3) is 0.773. The monoisotopic (exact) mass is 332 g/mol. The van der Waals surface area contributed by atoms with Crippen molar-refractivity contribution >= 4 is 5.97 Å². The number of ether oxygens (including phenoxy) is 1. The van der Waals surface area contributed by atoms with Crippen molar-refractivity contribution in [3.63, 3.8) is 0 Å². The third-order valence-electron chi connectivity index (χ3n) is 4.06. The summed E-state index contributed by atoms with van der Waals surface area (Å²) in [5, 5.41) is 0. The molecule has 0 fully saturated rings. The van der Waals surface area contributed by atoms with Crippen LogP contribution in [-0.2, 0) is 9.53 Å². The quantitative estimate of drug-likeness (QED) is 0.220. The van der Waals surface area contributed by atoms with E-state index < -0.39 is 0 Å². The Hall–Kier alpha value is -1.41. The van der Waals surface area contributed by atoms with E-state index >= 15 is 0 Å². The topological polar surface area (TPSA) is 26.3 Å². The number of hydrogen-bond donors (Lipinski definition) is 0. The van der Waals surface area contributed by atoms with Crippen LogP contribution in [0, 0.1) is 23.7 Å². The Morgan fingerprint density at radius 1 is 0.833 bits per heavy atom. The minimum absolute atomic E-state index is 0.0298. The van der Waals surface area contributed by atoms with Gasteiger partial charge in [0.15, 0.2) is 0 Å². The van der Waals surface area contributed by atoms with Crippen molar-refractivity contribution in [1.82, 2.24) is 0 Å². The summed E-state index contributed by atoms with van der Waals surface area (Å²) in [6, 6.07) is 0. The molecule has 0 saturated carbocycles. The molecule has 0 amide bonds. The zero-order valence-corrected chi connectivity index (χ0v) is 16.1. The smallest absolute Gasteiger partial charge is 0.306 e. The van der Waals surface area contributed by atoms with Gasteiger partial charge in [-0.2, -0.15) is 0 Å². The van der Waals surface area contributed by atoms with Gasteiger partial charge in [0, 0.05) is 19.3 Å². The first-order valence-corrected chi connectivity index (χ1v) is 9.73. The number of unbranched alkanes of at least 4 members (excludes halogenated alkanes) is 7. The van der Waals surface area contributed by atoms with Crippen LogP contribution in [0.5, 0.6) is 0 Å². The zero-order chi connectivity index (χ0) is 17.9. The maximum Gasteiger partial charge on any atom is 0.306 e. The van der Waals surface area contributed by atoms with Gasteiger partial charge >= 0.3 is 5.97 Å². The number of esters is 1. The summed E-state index contributed by atoms with van der Waals surface area (Å²) in [6.45, 7) is 5.93. The first-order valence-electron chi connectivity index (χ1n) is 9.73. The molecule has 1 atom stereocenters. The lowest BCUT2D eigenvalue weighted by Gasteiger charge is -2.17. The van der Waals surface area contributed by atoms with E-state index in [1.165, 1.54) is 32.1 Å². The van der Waals surface area contributed by atoms with Gasteiger partial charge < -0.3 is 4.74 Å². The molecule has 0 aromatic rings. The fourth-order valence-corrected chi connectivity index (χ4v) is 2.63. The summed E-state index contributed by atoms with van der Waals surface area (Å²) >= 11 is 0. The minimum Gasteiger partial charge on any atom is -0.462 e. The first-order chi connectivity index (χ1) is 11.7. The molecule has 2 nitrogen and oxygen atoms in total. The van der Waals surface area contributed by atoms with Gasteiger partial charge in [0.25, 0.3) is 0 Å². The van der Waals surface area contributed by atoms with Gasteiger partial charge in [-0.15, -0.1) is 23.7 Å². The largest absolute Gasteiger partial charge is 0.462 e. The van der Waals surface area contributed by atoms with Crippen LogP contribution in [0.1, 0.15) is 104 Å². The number of rotatable bonds is 14. The van der Waals surface area contributed by atoms with Crippen molar-refractivity contribution in [3.8, 4) is 23.7 Å². The van der Waals surface area contributed by atoms with Crippen LogP contribution >= 0.6 is 0 Å². The Labute approximate surface area is 150 Å². The van der Waals surface area contributed by atoms with E-state index in [2.05, 4.69) is 30.6 Å². The lowest BCUT2D eigenvalue weighted by molar-refractivity contribution is -0.149. The average molecular weight is 333 g/mol. The van der Waals surface area contributed by atoms with E-state index in [1.54, 1.807) is 0 Å². The molecule has 0 aliphatic carbocycles. The van der Waals surface area contributed by atoms with Crippen molar-refractivity contribution in [1.29, 1.82) is 0 Å². The highest BCUT2D eigenvalue weighted by molar-refractivity contribution is 5.69. The third-order valence-corrected chi connectivity index (χ3v) is 4.06. The van der Waals surface area contributed by atoms with Gasteiger partial charge in [0.05, 0.1) is 0 Å². The maximum atomic E-state index is 12.0. The number of hydrogen-bond acceptors (Lipinski definition) is 2. The van der Waals surface area contributed by atoms with Crippen LogP contribution in [0.25, 0.3) is 0 Å². The van der Waals surface area contributed by atoms with Gasteiger partial charge in [0.2, 0.25) is 0 Å². The predicted molar refractivity (Wildman–Crippen MR) is 102 cm³/mol. The molecule has 0 radical (unpaired) electrons. The van der Waals surface area contributed by atoms with Crippen LogP contribution < -0.4 is 0 Å². The fourth-order valence-electron chi connectivity index (χ4n) is 2.63. The summed E-state index contributed by atoms with van der Waals surface area (Å²) in [5.41, 5.74) is 0. The molecule has 0 aromatic heterocycles. The number of carbonyl (C=O) groups is 1. The van der Waals surface area contributed by atoms with E-state index in [9.17, 15) is 4.79 Å². The Morgan fingerprint density at radius 3 is 2.21 bits per heavy atom. The van der Waals surface area contributed by atoms with Gasteiger partial charge in [-0.05, 0) is 46.0 Å². The Balaban J connectivity index is 3.84. The van der Waals surface area contributed by atoms with Gasteiger partial charge in [-0.25, -0.2) is 0 Å². The highest BCUT2D eigenvalue weighted by atomic mass is 16.5. The minimum atomic E-state index is -0.0298. The molecular formula is C22H36O2. The van der Waals surface area contributed by atoms with Crippen molar-refractivity contribution in [3.05, 3.63) is 0 Å². The molecule has 0 heterocycles. The highest BCUT2D eigenvalue weighted by Crippen LogP contribution is 2.14. The first kappa shape index (κ1) is 22.6. The van der Waals surface area contributed by atoms with Crippen LogP contribution in [-0.4, -0.2) is 12.1 Å². The van der Waals surface area contributed by atoms with Crippen LogP contribution in [0.3, 0.4) is 0 Å². The second-order valence-electron chi connectivity index (χ2n) is 6.27. The van der Waals surface area contributed by atoms with Crippen LogP contribution in [0.4, 0.5) is 0 Å². The summed E-state index contributed by atoms with van der Waals surface area (Å²) in [7, 11) is 0. The molecule has 24 heavy (non-hydrogen) atoms. The van der Waals surface area contributed by atoms with Crippen molar-refractivity contribution in [2.45, 2.75) is 110 Å². The van der Waals surface area contributed by atoms with Gasteiger partial charge in [-0.1, -0.05) is 39.0 Å². The van der Waals surface area contributed by atoms with Gasteiger partial charge in [-0.3, -0.25) is 4.79 Å². The van der Waals surface area contributed by atoms with Crippen molar-refractivity contribution < 1.29 is 9.53 Å². The second-order valence-corrected chi connectivity index (χ2v) is 6.27. The third kappa shape index (κ3) is 15.5. The lowest BCUT2D eigenvalue weighted by Crippen LogP contribution is -2.18. The standard InChI is InChI=1S/C22H36O2/c1-4-7-10-11-12-13-14-17-20-22(23)24-21(18-15-8-5-2)19-16-9-6-3/h21H,5,8,10-20H2,1-3H3/t21-/m0/s1. The summed E-state index contributed by atoms with van der Waals surface area (Å²) < 4.78 is 5.68. The van der Waals surface area contributed by atoms with E-state index in [0.717, 1.165) is 44.9 Å². The summed E-state index contributed by atoms with van der Waals surface area (Å²) in [4.78, 5) is 12.0. The molecule has 0 rings (SSSR count). The van der Waals surface area contributed by atoms with E-state index in [1.807, 2.05) is 13.8 Å². The Bertz CT molecular complexity index is 417. The van der Waals surface area contributed by atoms with Crippen LogP contribution in [0.15, 0.2) is 0 Å². The Kier molecular flexibility index (Phi) is 16.9. The van der Waals surface area contributed by atoms with Gasteiger partial charge in [0.1, 0.15) is 6.10 Å². The summed E-state index contributed by atoms with van der Waals surface area (Å²) in [6.07, 6.45) is 13.4. The zero-order valence-electron chi connectivity index (χ0n) is 16.1. The normalized spacial score (nSPS) is 11.0. The van der Waals surface area contributed by atoms with E-state index in [4.69, 9.17) is 4.74 Å². The van der Waals surface area contributed by atoms with E-state index in [-0.39, 0.29) is 12.1 Å². The molecule has 0 saturated heterocycles. The van der Waals surface area contributed by atoms with Crippen LogP contribution in [0.2, 0.25) is 0 Å². The van der Waals surface area contributed by atoms with Crippen molar-refractivity contribution in [2.75, 3.05) is 0 Å². The molecule has 0 bridgehead atoms. The highest BCUT2D eigenvalue weighted by Gasteiger charge is 2.13. The summed E-state index contributed by atoms with van der Waals surface area (Å²) in [5.74, 6) is 12.0. The maximum absolute atomic E-state index is 12.0. The van der Waals surface area contributed by atoms with Crippen molar-refractivity contribution in [2.24, 2.45) is 0 Å². The molecule has 0 N–H and O–H groups in total. The molecule has 0 aromatic carbocycles. The molecule has 0 aliphatic rings. The molecule has 0 spiro atoms. The predicted octanol–water partition coefficient (Wildman–Crippen LogP) is 6.04. The SMILES string of the molecule is CC#CCCCCCCCC(=O)O[C@H](CCC#CC)CCCCC. The van der Waals surface area contributed by atoms with E-state index in [0.29, 0.717) is 6.42 Å².